The van der Waals surface area contributed by atoms with Crippen molar-refractivity contribution >= 4 is 0 Å². The van der Waals surface area contributed by atoms with Crippen LogP contribution in [0.25, 0.3) is 17.5 Å². The molecule has 0 aliphatic carbocycles. The molecular weight excluding hydrogens is 228 g/mol. The molecule has 0 atom stereocenters. The molecule has 0 amide bonds. The first-order chi connectivity index (χ1) is 8.83. The molecule has 0 bridgehead atoms. The van der Waals surface area contributed by atoms with Crippen LogP contribution in [0.5, 0.6) is 0 Å². The van der Waals surface area contributed by atoms with E-state index >= 15 is 0 Å². The second-order valence-electron chi connectivity index (χ2n) is 3.71. The van der Waals surface area contributed by atoms with Crippen LogP contribution >= 0.6 is 0 Å². The maximum atomic E-state index is 4.41. The number of aromatic nitrogens is 6. The minimum absolute atomic E-state index is 0.501. The summed E-state index contributed by atoms with van der Waals surface area (Å²) in [6.07, 6.45) is 6.87. The van der Waals surface area contributed by atoms with Crippen LogP contribution in [0.4, 0.5) is 0 Å². The van der Waals surface area contributed by atoms with Crippen LogP contribution in [0.1, 0.15) is 5.69 Å². The summed E-state index contributed by atoms with van der Waals surface area (Å²) in [6.45, 7) is 1.90. The van der Waals surface area contributed by atoms with Gasteiger partial charge in [-0.3, -0.25) is 0 Å². The monoisotopic (exact) mass is 238 g/mol. The molecule has 3 aromatic heterocycles. The first kappa shape index (κ1) is 10.5. The van der Waals surface area contributed by atoms with Gasteiger partial charge in [0, 0.05) is 36.5 Å². The van der Waals surface area contributed by atoms with E-state index in [2.05, 4.69) is 25.0 Å². The maximum absolute atomic E-state index is 4.41. The van der Waals surface area contributed by atoms with E-state index in [9.17, 15) is 0 Å². The summed E-state index contributed by atoms with van der Waals surface area (Å²) < 4.78 is 1.68. The molecule has 0 saturated carbocycles. The van der Waals surface area contributed by atoms with Gasteiger partial charge < -0.3 is 0 Å². The number of aryl methyl sites for hydroxylation is 1. The van der Waals surface area contributed by atoms with E-state index in [1.165, 1.54) is 0 Å². The number of nitrogens with zero attached hydrogens (tertiary/aromatic N) is 6. The highest BCUT2D eigenvalue weighted by molar-refractivity contribution is 5.45. The summed E-state index contributed by atoms with van der Waals surface area (Å²) in [4.78, 5) is 17.0. The minimum Gasteiger partial charge on any atom is -0.234 e. The van der Waals surface area contributed by atoms with Gasteiger partial charge in [-0.25, -0.2) is 24.6 Å². The quantitative estimate of drug-likeness (QED) is 0.675. The third-order valence-corrected chi connectivity index (χ3v) is 2.35. The molecule has 88 valence electrons. The van der Waals surface area contributed by atoms with Crippen molar-refractivity contribution in [1.29, 1.82) is 0 Å². The van der Waals surface area contributed by atoms with E-state index in [-0.39, 0.29) is 0 Å². The Morgan fingerprint density at radius 3 is 2.50 bits per heavy atom. The third-order valence-electron chi connectivity index (χ3n) is 2.35. The predicted octanol–water partition coefficient (Wildman–Crippen LogP) is 1.43. The Hall–Kier alpha value is -2.63. The standard InChI is InChI=1S/C12H10N6/c1-9-8-10(18-7-3-6-15-18)17-12(16-9)11-13-4-2-5-14-11/h2-8H,1H3. The fourth-order valence-corrected chi connectivity index (χ4v) is 1.59. The fourth-order valence-electron chi connectivity index (χ4n) is 1.59. The zero-order chi connectivity index (χ0) is 12.4. The molecular formula is C12H10N6. The molecule has 3 aromatic rings. The molecule has 0 spiro atoms. The predicted molar refractivity (Wildman–Crippen MR) is 64.9 cm³/mol. The SMILES string of the molecule is Cc1cc(-n2cccn2)nc(-c2ncccn2)n1. The Morgan fingerprint density at radius 1 is 0.944 bits per heavy atom. The Kier molecular flexibility index (Phi) is 2.53. The third kappa shape index (κ3) is 1.95. The zero-order valence-electron chi connectivity index (χ0n) is 9.72. The van der Waals surface area contributed by atoms with Gasteiger partial charge in [-0.15, -0.1) is 0 Å². The van der Waals surface area contributed by atoms with E-state index in [1.54, 1.807) is 29.3 Å². The lowest BCUT2D eigenvalue weighted by molar-refractivity contribution is 0.834. The number of rotatable bonds is 2. The van der Waals surface area contributed by atoms with Crippen molar-refractivity contribution in [2.45, 2.75) is 6.92 Å². The van der Waals surface area contributed by atoms with Crippen molar-refractivity contribution in [3.05, 3.63) is 48.7 Å². The first-order valence-electron chi connectivity index (χ1n) is 5.46. The molecule has 0 radical (unpaired) electrons. The summed E-state index contributed by atoms with van der Waals surface area (Å²) in [6, 6.07) is 5.46. The second kappa shape index (κ2) is 4.33. The topological polar surface area (TPSA) is 69.4 Å². The summed E-state index contributed by atoms with van der Waals surface area (Å²) in [5.74, 6) is 1.71. The van der Waals surface area contributed by atoms with Crippen molar-refractivity contribution in [1.82, 2.24) is 29.7 Å². The lowest BCUT2D eigenvalue weighted by atomic mass is 10.4. The van der Waals surface area contributed by atoms with Crippen LogP contribution < -0.4 is 0 Å². The van der Waals surface area contributed by atoms with Gasteiger partial charge in [0.25, 0.3) is 0 Å². The lowest BCUT2D eigenvalue weighted by Crippen LogP contribution is -2.03. The molecule has 6 nitrogen and oxygen atoms in total. The minimum atomic E-state index is 0.501. The molecule has 0 aliphatic heterocycles. The van der Waals surface area contributed by atoms with Crippen molar-refractivity contribution in [2.75, 3.05) is 0 Å². The Morgan fingerprint density at radius 2 is 1.78 bits per heavy atom. The molecule has 18 heavy (non-hydrogen) atoms. The normalized spacial score (nSPS) is 10.5. The van der Waals surface area contributed by atoms with Crippen molar-refractivity contribution in [3.8, 4) is 17.5 Å². The fraction of sp³-hybridized carbons (Fsp3) is 0.0833. The molecule has 0 aromatic carbocycles. The summed E-state index contributed by atoms with van der Waals surface area (Å²) in [5.41, 5.74) is 0.845. The molecule has 0 saturated heterocycles. The van der Waals surface area contributed by atoms with Gasteiger partial charge in [0.2, 0.25) is 0 Å². The van der Waals surface area contributed by atoms with Crippen LogP contribution in [-0.4, -0.2) is 29.7 Å². The van der Waals surface area contributed by atoms with E-state index in [4.69, 9.17) is 0 Å². The van der Waals surface area contributed by atoms with Crippen LogP contribution in [0.2, 0.25) is 0 Å². The van der Waals surface area contributed by atoms with Crippen LogP contribution in [0.3, 0.4) is 0 Å². The average molecular weight is 238 g/mol. The van der Waals surface area contributed by atoms with Gasteiger partial charge in [-0.05, 0) is 19.1 Å². The van der Waals surface area contributed by atoms with Gasteiger partial charge in [0.1, 0.15) is 0 Å². The van der Waals surface area contributed by atoms with Crippen LogP contribution in [0.15, 0.2) is 43.0 Å². The first-order valence-corrected chi connectivity index (χ1v) is 5.46. The highest BCUT2D eigenvalue weighted by Crippen LogP contribution is 2.12. The Bertz CT molecular complexity index is 648. The zero-order valence-corrected chi connectivity index (χ0v) is 9.72. The second-order valence-corrected chi connectivity index (χ2v) is 3.71. The molecule has 3 heterocycles. The summed E-state index contributed by atoms with van der Waals surface area (Å²) in [7, 11) is 0. The van der Waals surface area contributed by atoms with Crippen LogP contribution in [-0.2, 0) is 0 Å². The number of hydrogen-bond acceptors (Lipinski definition) is 5. The van der Waals surface area contributed by atoms with Gasteiger partial charge >= 0.3 is 0 Å². The van der Waals surface area contributed by atoms with E-state index < -0.39 is 0 Å². The Labute approximate surface area is 103 Å². The highest BCUT2D eigenvalue weighted by Gasteiger charge is 2.08. The van der Waals surface area contributed by atoms with Crippen molar-refractivity contribution in [2.24, 2.45) is 0 Å². The molecule has 6 heteroatoms. The van der Waals surface area contributed by atoms with Gasteiger partial charge in [0.15, 0.2) is 17.5 Å². The smallest absolute Gasteiger partial charge is 0.199 e. The molecule has 0 aliphatic rings. The number of hydrogen-bond donors (Lipinski definition) is 0. The lowest BCUT2D eigenvalue weighted by Gasteiger charge is -2.04. The average Bonchev–Trinajstić information content (AvgIpc) is 2.93. The van der Waals surface area contributed by atoms with Crippen molar-refractivity contribution < 1.29 is 0 Å². The van der Waals surface area contributed by atoms with E-state index in [0.717, 1.165) is 5.69 Å². The largest absolute Gasteiger partial charge is 0.234 e. The van der Waals surface area contributed by atoms with Gasteiger partial charge in [-0.2, -0.15) is 5.10 Å². The maximum Gasteiger partial charge on any atom is 0.199 e. The van der Waals surface area contributed by atoms with E-state index in [0.29, 0.717) is 17.5 Å². The molecule has 0 fully saturated rings. The van der Waals surface area contributed by atoms with Gasteiger partial charge in [-0.1, -0.05) is 0 Å². The summed E-state index contributed by atoms with van der Waals surface area (Å²) >= 11 is 0. The molecule has 0 unspecified atom stereocenters. The molecule has 0 N–H and O–H groups in total. The molecule has 3 rings (SSSR count). The highest BCUT2D eigenvalue weighted by atomic mass is 15.3. The summed E-state index contributed by atoms with van der Waals surface area (Å²) in [5, 5.41) is 4.15. The van der Waals surface area contributed by atoms with Crippen LogP contribution in [0, 0.1) is 6.92 Å². The van der Waals surface area contributed by atoms with E-state index in [1.807, 2.05) is 25.3 Å². The Balaban J connectivity index is 2.12. The van der Waals surface area contributed by atoms with Gasteiger partial charge in [0.05, 0.1) is 0 Å². The van der Waals surface area contributed by atoms with Crippen molar-refractivity contribution in [3.63, 3.8) is 0 Å².